The van der Waals surface area contributed by atoms with Crippen LogP contribution in [0.4, 0.5) is 5.69 Å². The van der Waals surface area contributed by atoms with Crippen molar-refractivity contribution in [3.05, 3.63) is 90.0 Å². The predicted molar refractivity (Wildman–Crippen MR) is 125 cm³/mol. The van der Waals surface area contributed by atoms with E-state index in [-0.39, 0.29) is 12.5 Å². The molecular weight excluding hydrogens is 410 g/mol. The fourth-order valence-corrected chi connectivity index (χ4v) is 4.11. The molecule has 0 aromatic heterocycles. The van der Waals surface area contributed by atoms with E-state index in [0.717, 1.165) is 11.1 Å². The number of hydrogen-bond acceptors (Lipinski definition) is 3. The molecular formula is C24H27N3O3S. The number of nitrogens with zero attached hydrogens (tertiary/aromatic N) is 1. The van der Waals surface area contributed by atoms with Crippen LogP contribution in [0.5, 0.6) is 0 Å². The molecule has 0 saturated heterocycles. The van der Waals surface area contributed by atoms with Crippen LogP contribution >= 0.6 is 0 Å². The molecule has 0 heterocycles. The first-order valence-corrected chi connectivity index (χ1v) is 11.7. The fourth-order valence-electron chi connectivity index (χ4n) is 3.24. The second kappa shape index (κ2) is 10.2. The Balaban J connectivity index is 1.63. The van der Waals surface area contributed by atoms with Gasteiger partial charge in [0.05, 0.1) is 0 Å². The van der Waals surface area contributed by atoms with E-state index >= 15 is 0 Å². The molecule has 162 valence electrons. The van der Waals surface area contributed by atoms with Crippen molar-refractivity contribution in [1.82, 2.24) is 9.62 Å². The van der Waals surface area contributed by atoms with Crippen molar-refractivity contribution in [3.8, 4) is 11.1 Å². The molecule has 0 unspecified atom stereocenters. The van der Waals surface area contributed by atoms with E-state index in [1.165, 1.54) is 0 Å². The van der Waals surface area contributed by atoms with Gasteiger partial charge in [0.2, 0.25) is 0 Å². The molecule has 0 bridgehead atoms. The highest BCUT2D eigenvalue weighted by atomic mass is 32.2. The van der Waals surface area contributed by atoms with Gasteiger partial charge in [0.1, 0.15) is 0 Å². The van der Waals surface area contributed by atoms with Crippen molar-refractivity contribution in [2.75, 3.05) is 17.8 Å². The third-order valence-electron chi connectivity index (χ3n) is 4.94. The first-order valence-electron chi connectivity index (χ1n) is 10.2. The Bertz CT molecular complexity index is 1110. The molecule has 3 aromatic rings. The van der Waals surface area contributed by atoms with E-state index in [1.807, 2.05) is 56.3 Å². The number of carbonyl (C=O) groups is 1. The minimum Gasteiger partial charge on any atom is -0.339 e. The van der Waals surface area contributed by atoms with Gasteiger partial charge in [-0.15, -0.1) is 0 Å². The number of anilines is 1. The smallest absolute Gasteiger partial charge is 0.299 e. The molecule has 0 aliphatic heterocycles. The second-order valence-electron chi connectivity index (χ2n) is 7.05. The molecule has 2 N–H and O–H groups in total. The quantitative estimate of drug-likeness (QED) is 0.524. The van der Waals surface area contributed by atoms with Gasteiger partial charge in [0.25, 0.3) is 16.1 Å². The van der Waals surface area contributed by atoms with Gasteiger partial charge in [-0.3, -0.25) is 9.52 Å². The summed E-state index contributed by atoms with van der Waals surface area (Å²) in [6.45, 7) is 5.18. The van der Waals surface area contributed by atoms with Crippen LogP contribution in [0.3, 0.4) is 0 Å². The zero-order chi connectivity index (χ0) is 22.3. The van der Waals surface area contributed by atoms with E-state index < -0.39 is 10.2 Å². The molecule has 0 saturated carbocycles. The molecule has 3 aromatic carbocycles. The minimum atomic E-state index is -3.76. The van der Waals surface area contributed by atoms with E-state index in [4.69, 9.17) is 0 Å². The Morgan fingerprint density at radius 3 is 2.13 bits per heavy atom. The summed E-state index contributed by atoms with van der Waals surface area (Å²) in [5, 5.41) is 0. The van der Waals surface area contributed by atoms with Gasteiger partial charge in [-0.2, -0.15) is 13.1 Å². The van der Waals surface area contributed by atoms with Gasteiger partial charge >= 0.3 is 0 Å². The average Bonchev–Trinajstić information content (AvgIpc) is 2.79. The highest BCUT2D eigenvalue weighted by Crippen LogP contribution is 2.21. The van der Waals surface area contributed by atoms with Crippen LogP contribution in [0, 0.1) is 0 Å². The SMILES string of the molecule is CCN(CC)C(=O)c1cccc(CNS(=O)(=O)Nc2ccc(-c3ccccc3)cc2)c1. The predicted octanol–water partition coefficient (Wildman–Crippen LogP) is 4.28. The average molecular weight is 438 g/mol. The van der Waals surface area contributed by atoms with Crippen LogP contribution in [-0.4, -0.2) is 32.3 Å². The molecule has 6 nitrogen and oxygen atoms in total. The lowest BCUT2D eigenvalue weighted by atomic mass is 10.1. The first kappa shape index (κ1) is 22.5. The minimum absolute atomic E-state index is 0.0636. The van der Waals surface area contributed by atoms with Crippen LogP contribution in [0.25, 0.3) is 11.1 Å². The molecule has 7 heteroatoms. The molecule has 0 radical (unpaired) electrons. The summed E-state index contributed by atoms with van der Waals surface area (Å²) in [6, 6.07) is 24.1. The second-order valence-corrected chi connectivity index (χ2v) is 8.55. The van der Waals surface area contributed by atoms with Crippen molar-refractivity contribution < 1.29 is 13.2 Å². The van der Waals surface area contributed by atoms with Gasteiger partial charge in [0.15, 0.2) is 0 Å². The van der Waals surface area contributed by atoms with E-state index in [9.17, 15) is 13.2 Å². The standard InChI is InChI=1S/C24H27N3O3S/c1-3-27(4-2)24(28)22-12-8-9-19(17-22)18-25-31(29,30)26-23-15-13-21(14-16-23)20-10-6-5-7-11-20/h5-17,25-26H,3-4,18H2,1-2H3. The highest BCUT2D eigenvalue weighted by molar-refractivity contribution is 7.90. The van der Waals surface area contributed by atoms with Gasteiger partial charge in [0, 0.05) is 30.9 Å². The number of hydrogen-bond donors (Lipinski definition) is 2. The Hall–Kier alpha value is -3.16. The third kappa shape index (κ3) is 6.16. The van der Waals surface area contributed by atoms with Crippen LogP contribution in [0.2, 0.25) is 0 Å². The van der Waals surface area contributed by atoms with Gasteiger partial charge in [-0.25, -0.2) is 0 Å². The van der Waals surface area contributed by atoms with Crippen molar-refractivity contribution >= 4 is 21.8 Å². The van der Waals surface area contributed by atoms with Crippen molar-refractivity contribution in [2.45, 2.75) is 20.4 Å². The Labute approximate surface area is 184 Å². The number of carbonyl (C=O) groups excluding carboxylic acids is 1. The van der Waals surface area contributed by atoms with Crippen LogP contribution < -0.4 is 9.44 Å². The van der Waals surface area contributed by atoms with Crippen LogP contribution in [0.1, 0.15) is 29.8 Å². The monoisotopic (exact) mass is 437 g/mol. The molecule has 31 heavy (non-hydrogen) atoms. The first-order chi connectivity index (χ1) is 14.9. The molecule has 0 aliphatic carbocycles. The summed E-state index contributed by atoms with van der Waals surface area (Å²) in [5.41, 5.74) is 3.80. The van der Waals surface area contributed by atoms with Crippen molar-refractivity contribution in [1.29, 1.82) is 0 Å². The topological polar surface area (TPSA) is 78.5 Å². The van der Waals surface area contributed by atoms with Crippen molar-refractivity contribution in [3.63, 3.8) is 0 Å². The van der Waals surface area contributed by atoms with E-state index in [0.29, 0.717) is 29.9 Å². The van der Waals surface area contributed by atoms with Gasteiger partial charge < -0.3 is 4.90 Å². The van der Waals surface area contributed by atoms with E-state index in [2.05, 4.69) is 9.44 Å². The molecule has 0 atom stereocenters. The molecule has 0 aliphatic rings. The zero-order valence-corrected chi connectivity index (χ0v) is 18.5. The molecule has 0 spiro atoms. The fraction of sp³-hybridized carbons (Fsp3) is 0.208. The largest absolute Gasteiger partial charge is 0.339 e. The Morgan fingerprint density at radius 2 is 1.48 bits per heavy atom. The number of nitrogens with one attached hydrogen (secondary N) is 2. The number of benzene rings is 3. The van der Waals surface area contributed by atoms with Crippen LogP contribution in [-0.2, 0) is 16.8 Å². The Morgan fingerprint density at radius 1 is 0.839 bits per heavy atom. The number of rotatable bonds is 9. The lowest BCUT2D eigenvalue weighted by Crippen LogP contribution is -2.31. The number of amides is 1. The molecule has 0 fully saturated rings. The lowest BCUT2D eigenvalue weighted by Gasteiger charge is -2.19. The maximum atomic E-state index is 12.5. The summed E-state index contributed by atoms with van der Waals surface area (Å²) in [4.78, 5) is 14.2. The summed E-state index contributed by atoms with van der Waals surface area (Å²) in [5.74, 6) is -0.0636. The molecule has 1 amide bonds. The summed E-state index contributed by atoms with van der Waals surface area (Å²) in [6.07, 6.45) is 0. The van der Waals surface area contributed by atoms with Gasteiger partial charge in [-0.05, 0) is 54.8 Å². The highest BCUT2D eigenvalue weighted by Gasteiger charge is 2.14. The Kier molecular flexibility index (Phi) is 7.44. The van der Waals surface area contributed by atoms with Crippen LogP contribution in [0.15, 0.2) is 78.9 Å². The maximum Gasteiger partial charge on any atom is 0.299 e. The lowest BCUT2D eigenvalue weighted by molar-refractivity contribution is 0.0773. The maximum absolute atomic E-state index is 12.5. The summed E-state index contributed by atoms with van der Waals surface area (Å²) in [7, 11) is -3.76. The normalized spacial score (nSPS) is 11.2. The van der Waals surface area contributed by atoms with Gasteiger partial charge in [-0.1, -0.05) is 54.6 Å². The zero-order valence-electron chi connectivity index (χ0n) is 17.7. The van der Waals surface area contributed by atoms with Crippen molar-refractivity contribution in [2.24, 2.45) is 0 Å². The summed E-state index contributed by atoms with van der Waals surface area (Å²) < 4.78 is 30.0. The van der Waals surface area contributed by atoms with E-state index in [1.54, 1.807) is 41.3 Å². The molecule has 3 rings (SSSR count). The summed E-state index contributed by atoms with van der Waals surface area (Å²) >= 11 is 0. The third-order valence-corrected chi connectivity index (χ3v) is 5.96.